The first-order valence-electron chi connectivity index (χ1n) is 2.34. The van der Waals surface area contributed by atoms with Gasteiger partial charge in [-0.05, 0) is 5.41 Å². The van der Waals surface area contributed by atoms with Crippen molar-refractivity contribution in [1.29, 1.82) is 0 Å². The van der Waals surface area contributed by atoms with E-state index < -0.39 is 5.73 Å². The molecule has 2 heteroatoms. The van der Waals surface area contributed by atoms with Crippen LogP contribution in [0.1, 0.15) is 20.8 Å². The molecule has 41 valence electrons. The van der Waals surface area contributed by atoms with Crippen LogP contribution < -0.4 is 0 Å². The molecule has 1 atom stereocenters. The molecule has 1 nitrogen and oxygen atoms in total. The first-order valence-corrected chi connectivity index (χ1v) is 2.91. The van der Waals surface area contributed by atoms with Gasteiger partial charge in [0.15, 0.2) is 0 Å². The van der Waals surface area contributed by atoms with Crippen LogP contribution in [0.15, 0.2) is 0 Å². The lowest BCUT2D eigenvalue weighted by molar-refractivity contribution is 0.135. The second-order valence-electron chi connectivity index (χ2n) is 2.77. The van der Waals surface area contributed by atoms with Crippen molar-refractivity contribution >= 4 is 10.2 Å². The third-order valence-corrected chi connectivity index (χ3v) is 1.69. The van der Waals surface area contributed by atoms with Gasteiger partial charge >= 0.3 is 0 Å². The average molecular weight is 115 g/mol. The van der Waals surface area contributed by atoms with Gasteiger partial charge in [0.25, 0.3) is 0 Å². The standard InChI is InChI=1S/C5H11OSi/c1-5(2,3)4(6)7/h4,6H,1-3H3. The van der Waals surface area contributed by atoms with Gasteiger partial charge < -0.3 is 5.11 Å². The third kappa shape index (κ3) is 2.82. The summed E-state index contributed by atoms with van der Waals surface area (Å²) in [6.07, 6.45) is 0. The number of aliphatic hydroxyl groups excluding tert-OH is 1. The van der Waals surface area contributed by atoms with Crippen molar-refractivity contribution in [1.82, 2.24) is 0 Å². The van der Waals surface area contributed by atoms with Crippen molar-refractivity contribution in [2.24, 2.45) is 5.41 Å². The molecule has 7 heavy (non-hydrogen) atoms. The van der Waals surface area contributed by atoms with E-state index in [1.807, 2.05) is 20.8 Å². The minimum atomic E-state index is -0.396. The summed E-state index contributed by atoms with van der Waals surface area (Å²) in [4.78, 5) is 0. The van der Waals surface area contributed by atoms with Crippen LogP contribution in [-0.2, 0) is 0 Å². The predicted molar refractivity (Wildman–Crippen MR) is 31.2 cm³/mol. The minimum absolute atomic E-state index is 0.0309. The van der Waals surface area contributed by atoms with Crippen molar-refractivity contribution in [3.05, 3.63) is 0 Å². The summed E-state index contributed by atoms with van der Waals surface area (Å²) in [6, 6.07) is 0. The molecular formula is C5H11OSi. The van der Waals surface area contributed by atoms with Gasteiger partial charge in [0, 0.05) is 5.73 Å². The molecule has 1 N–H and O–H groups in total. The lowest BCUT2D eigenvalue weighted by Crippen LogP contribution is -2.25. The van der Waals surface area contributed by atoms with E-state index in [0.717, 1.165) is 0 Å². The second kappa shape index (κ2) is 1.97. The normalized spacial score (nSPS) is 16.7. The SMILES string of the molecule is CC(C)(C)C(O)[Si]. The van der Waals surface area contributed by atoms with E-state index in [2.05, 4.69) is 10.2 Å². The summed E-state index contributed by atoms with van der Waals surface area (Å²) in [7, 11) is 3.10. The van der Waals surface area contributed by atoms with Gasteiger partial charge in [0.1, 0.15) is 0 Å². The van der Waals surface area contributed by atoms with Crippen LogP contribution in [0.4, 0.5) is 0 Å². The molecule has 0 saturated carbocycles. The van der Waals surface area contributed by atoms with Gasteiger partial charge in [0.2, 0.25) is 0 Å². The number of aliphatic hydroxyl groups is 1. The lowest BCUT2D eigenvalue weighted by atomic mass is 9.98. The Morgan fingerprint density at radius 1 is 1.43 bits per heavy atom. The Bertz CT molecular complexity index is 53.6. The molecule has 0 amide bonds. The molecule has 0 rings (SSSR count). The van der Waals surface area contributed by atoms with Crippen LogP contribution in [0, 0.1) is 5.41 Å². The number of hydrogen-bond donors (Lipinski definition) is 1. The van der Waals surface area contributed by atoms with Crippen molar-refractivity contribution in [2.75, 3.05) is 0 Å². The summed E-state index contributed by atoms with van der Waals surface area (Å²) >= 11 is 0. The number of rotatable bonds is 0. The Morgan fingerprint density at radius 3 is 1.57 bits per heavy atom. The van der Waals surface area contributed by atoms with E-state index in [4.69, 9.17) is 5.11 Å². The highest BCUT2D eigenvalue weighted by Crippen LogP contribution is 2.15. The van der Waals surface area contributed by atoms with Gasteiger partial charge in [0.05, 0.1) is 10.2 Å². The molecule has 0 fully saturated rings. The van der Waals surface area contributed by atoms with Crippen LogP contribution >= 0.6 is 0 Å². The maximum absolute atomic E-state index is 8.80. The van der Waals surface area contributed by atoms with Crippen molar-refractivity contribution in [3.8, 4) is 0 Å². The summed E-state index contributed by atoms with van der Waals surface area (Å²) in [5.41, 5.74) is -0.427. The second-order valence-corrected chi connectivity index (χ2v) is 3.32. The maximum atomic E-state index is 8.80. The molecule has 1 unspecified atom stereocenters. The first kappa shape index (κ1) is 7.18. The van der Waals surface area contributed by atoms with Crippen LogP contribution in [-0.4, -0.2) is 21.1 Å². The van der Waals surface area contributed by atoms with Crippen molar-refractivity contribution < 1.29 is 5.11 Å². The van der Waals surface area contributed by atoms with Crippen molar-refractivity contribution in [3.63, 3.8) is 0 Å². The zero-order valence-corrected chi connectivity index (χ0v) is 6.02. The quantitative estimate of drug-likeness (QED) is 0.456. The number of hydrogen-bond acceptors (Lipinski definition) is 1. The fraction of sp³-hybridized carbons (Fsp3) is 1.00. The molecular weight excluding hydrogens is 104 g/mol. The fourth-order valence-corrected chi connectivity index (χ4v) is 0. The van der Waals surface area contributed by atoms with Gasteiger partial charge in [-0.3, -0.25) is 0 Å². The Labute approximate surface area is 48.2 Å². The van der Waals surface area contributed by atoms with E-state index in [0.29, 0.717) is 0 Å². The lowest BCUT2D eigenvalue weighted by Gasteiger charge is -2.21. The zero-order chi connectivity index (χ0) is 6.08. The van der Waals surface area contributed by atoms with E-state index in [-0.39, 0.29) is 5.41 Å². The molecule has 0 aliphatic rings. The molecule has 0 aliphatic heterocycles. The summed E-state index contributed by atoms with van der Waals surface area (Å²) < 4.78 is 0. The molecule has 3 radical (unpaired) electrons. The molecule has 0 aromatic heterocycles. The summed E-state index contributed by atoms with van der Waals surface area (Å²) in [6.45, 7) is 5.89. The van der Waals surface area contributed by atoms with E-state index in [1.165, 1.54) is 0 Å². The van der Waals surface area contributed by atoms with Gasteiger partial charge in [-0.25, -0.2) is 0 Å². The summed E-state index contributed by atoms with van der Waals surface area (Å²) in [5, 5.41) is 8.80. The first-order chi connectivity index (χ1) is 2.94. The zero-order valence-electron chi connectivity index (χ0n) is 5.02. The highest BCUT2D eigenvalue weighted by Gasteiger charge is 2.15. The van der Waals surface area contributed by atoms with Gasteiger partial charge in [-0.15, -0.1) is 0 Å². The predicted octanol–water partition coefficient (Wildman–Crippen LogP) is 0.519. The Balaban J connectivity index is 3.54. The molecule has 0 aliphatic carbocycles. The fourth-order valence-electron chi connectivity index (χ4n) is 0. The molecule has 0 saturated heterocycles. The highest BCUT2D eigenvalue weighted by atomic mass is 28.1. The van der Waals surface area contributed by atoms with Gasteiger partial charge in [-0.1, -0.05) is 20.8 Å². The van der Waals surface area contributed by atoms with E-state index in [9.17, 15) is 0 Å². The van der Waals surface area contributed by atoms with Gasteiger partial charge in [-0.2, -0.15) is 0 Å². The van der Waals surface area contributed by atoms with E-state index >= 15 is 0 Å². The summed E-state index contributed by atoms with van der Waals surface area (Å²) in [5.74, 6) is 0. The third-order valence-electron chi connectivity index (χ3n) is 0.820. The molecule has 0 spiro atoms. The molecule has 0 aromatic rings. The Hall–Kier alpha value is 0.177. The maximum Gasteiger partial charge on any atom is 0.0661 e. The topological polar surface area (TPSA) is 20.2 Å². The van der Waals surface area contributed by atoms with Crippen LogP contribution in [0.3, 0.4) is 0 Å². The van der Waals surface area contributed by atoms with Crippen LogP contribution in [0.5, 0.6) is 0 Å². The average Bonchev–Trinajstić information content (AvgIpc) is 1.31. The molecule has 0 heterocycles. The smallest absolute Gasteiger partial charge is 0.0661 e. The van der Waals surface area contributed by atoms with Crippen LogP contribution in [0.25, 0.3) is 0 Å². The molecule has 0 bridgehead atoms. The Morgan fingerprint density at radius 2 is 1.57 bits per heavy atom. The highest BCUT2D eigenvalue weighted by molar-refractivity contribution is 6.11. The Kier molecular flexibility index (Phi) is 2.02. The molecule has 0 aromatic carbocycles. The largest absolute Gasteiger partial charge is 0.397 e. The van der Waals surface area contributed by atoms with Crippen LogP contribution in [0.2, 0.25) is 0 Å². The van der Waals surface area contributed by atoms with Crippen molar-refractivity contribution in [2.45, 2.75) is 26.5 Å². The van der Waals surface area contributed by atoms with E-state index in [1.54, 1.807) is 0 Å². The minimum Gasteiger partial charge on any atom is -0.397 e. The monoisotopic (exact) mass is 115 g/mol.